The number of aromatic nitrogens is 2. The number of nitrogens with one attached hydrogen (secondary N) is 1. The average molecular weight is 264 g/mol. The minimum atomic E-state index is 0.196. The van der Waals surface area contributed by atoms with Crippen molar-refractivity contribution in [2.24, 2.45) is 0 Å². The summed E-state index contributed by atoms with van der Waals surface area (Å²) in [5.74, 6) is 0. The maximum absolute atomic E-state index is 5.80. The zero-order valence-electron chi connectivity index (χ0n) is 11.2. The van der Waals surface area contributed by atoms with Gasteiger partial charge in [0.05, 0.1) is 5.52 Å². The summed E-state index contributed by atoms with van der Waals surface area (Å²) in [5, 5.41) is 4.58. The van der Waals surface area contributed by atoms with Gasteiger partial charge in [-0.1, -0.05) is 0 Å². The van der Waals surface area contributed by atoms with Crippen LogP contribution in [0.3, 0.4) is 0 Å². The summed E-state index contributed by atoms with van der Waals surface area (Å²) in [4.78, 5) is 8.40. The molecule has 0 saturated heterocycles. The number of rotatable bonds is 3. The standard InChI is InChI=1S/C16H16N4/c1-11(12-4-7-18-8-5-12)20-15-6-9-19-16-10-13(17)2-3-14(15)16/h2-11H,17H2,1H3,(H,19,20). The summed E-state index contributed by atoms with van der Waals surface area (Å²) in [5.41, 5.74) is 9.67. The van der Waals surface area contributed by atoms with E-state index in [1.54, 1.807) is 18.6 Å². The van der Waals surface area contributed by atoms with E-state index in [9.17, 15) is 0 Å². The van der Waals surface area contributed by atoms with E-state index in [0.717, 1.165) is 22.3 Å². The molecular formula is C16H16N4. The molecule has 0 aliphatic carbocycles. The number of hydrogen-bond donors (Lipinski definition) is 2. The van der Waals surface area contributed by atoms with E-state index in [-0.39, 0.29) is 6.04 Å². The van der Waals surface area contributed by atoms with Crippen molar-refractivity contribution in [3.63, 3.8) is 0 Å². The summed E-state index contributed by atoms with van der Waals surface area (Å²) in [6.45, 7) is 2.12. The van der Waals surface area contributed by atoms with Gasteiger partial charge >= 0.3 is 0 Å². The first kappa shape index (κ1) is 12.4. The van der Waals surface area contributed by atoms with Crippen LogP contribution < -0.4 is 11.1 Å². The summed E-state index contributed by atoms with van der Waals surface area (Å²) in [7, 11) is 0. The lowest BCUT2D eigenvalue weighted by Gasteiger charge is -2.17. The third-order valence-electron chi connectivity index (χ3n) is 3.34. The molecule has 2 heterocycles. The Balaban J connectivity index is 1.95. The molecule has 3 rings (SSSR count). The van der Waals surface area contributed by atoms with E-state index >= 15 is 0 Å². The minimum absolute atomic E-state index is 0.196. The molecule has 1 atom stereocenters. The summed E-state index contributed by atoms with van der Waals surface area (Å²) in [6.07, 6.45) is 5.40. The van der Waals surface area contributed by atoms with Gasteiger partial charge in [0, 0.05) is 41.4 Å². The van der Waals surface area contributed by atoms with Gasteiger partial charge in [0.1, 0.15) is 0 Å². The second-order valence-electron chi connectivity index (χ2n) is 4.78. The Labute approximate surface area is 117 Å². The van der Waals surface area contributed by atoms with E-state index in [4.69, 9.17) is 5.73 Å². The smallest absolute Gasteiger partial charge is 0.0743 e. The molecule has 20 heavy (non-hydrogen) atoms. The van der Waals surface area contributed by atoms with Gasteiger partial charge in [-0.15, -0.1) is 0 Å². The molecule has 2 aromatic heterocycles. The second-order valence-corrected chi connectivity index (χ2v) is 4.78. The number of nitrogens with two attached hydrogens (primary N) is 1. The maximum atomic E-state index is 5.80. The van der Waals surface area contributed by atoms with E-state index < -0.39 is 0 Å². The lowest BCUT2D eigenvalue weighted by molar-refractivity contribution is 0.882. The van der Waals surface area contributed by atoms with Gasteiger partial charge in [-0.3, -0.25) is 9.97 Å². The minimum Gasteiger partial charge on any atom is -0.399 e. The van der Waals surface area contributed by atoms with Crippen LogP contribution in [0, 0.1) is 0 Å². The second kappa shape index (κ2) is 5.17. The van der Waals surface area contributed by atoms with E-state index in [0.29, 0.717) is 0 Å². The molecule has 0 aliphatic heterocycles. The molecule has 1 aromatic carbocycles. The monoisotopic (exact) mass is 264 g/mol. The lowest BCUT2D eigenvalue weighted by Crippen LogP contribution is -2.07. The van der Waals surface area contributed by atoms with Crippen molar-refractivity contribution in [1.29, 1.82) is 0 Å². The van der Waals surface area contributed by atoms with Crippen molar-refractivity contribution >= 4 is 22.3 Å². The zero-order valence-corrected chi connectivity index (χ0v) is 11.2. The molecule has 0 amide bonds. The fourth-order valence-corrected chi connectivity index (χ4v) is 2.26. The Morgan fingerprint density at radius 2 is 1.85 bits per heavy atom. The van der Waals surface area contributed by atoms with Crippen LogP contribution in [0.25, 0.3) is 10.9 Å². The van der Waals surface area contributed by atoms with Gasteiger partial charge in [0.15, 0.2) is 0 Å². The van der Waals surface area contributed by atoms with Crippen molar-refractivity contribution in [2.45, 2.75) is 13.0 Å². The first-order valence-corrected chi connectivity index (χ1v) is 6.55. The van der Waals surface area contributed by atoms with Crippen LogP contribution in [-0.4, -0.2) is 9.97 Å². The Morgan fingerprint density at radius 1 is 1.05 bits per heavy atom. The van der Waals surface area contributed by atoms with Crippen LogP contribution in [-0.2, 0) is 0 Å². The quantitative estimate of drug-likeness (QED) is 0.712. The molecule has 0 aliphatic rings. The van der Waals surface area contributed by atoms with Gasteiger partial charge in [-0.2, -0.15) is 0 Å². The highest BCUT2D eigenvalue weighted by Crippen LogP contribution is 2.26. The maximum Gasteiger partial charge on any atom is 0.0743 e. The molecular weight excluding hydrogens is 248 g/mol. The molecule has 0 saturated carbocycles. The average Bonchev–Trinajstić information content (AvgIpc) is 2.48. The third kappa shape index (κ3) is 2.40. The molecule has 100 valence electrons. The van der Waals surface area contributed by atoms with E-state index in [2.05, 4.69) is 22.2 Å². The van der Waals surface area contributed by atoms with Crippen molar-refractivity contribution in [3.05, 3.63) is 60.6 Å². The molecule has 3 N–H and O–H groups in total. The molecule has 4 heteroatoms. The molecule has 3 aromatic rings. The highest BCUT2D eigenvalue weighted by Gasteiger charge is 2.08. The Kier molecular flexibility index (Phi) is 3.21. The lowest BCUT2D eigenvalue weighted by atomic mass is 10.1. The van der Waals surface area contributed by atoms with Crippen molar-refractivity contribution in [3.8, 4) is 0 Å². The van der Waals surface area contributed by atoms with Gasteiger partial charge in [-0.25, -0.2) is 0 Å². The molecule has 1 unspecified atom stereocenters. The number of anilines is 2. The summed E-state index contributed by atoms with van der Waals surface area (Å²) >= 11 is 0. The number of hydrogen-bond acceptors (Lipinski definition) is 4. The topological polar surface area (TPSA) is 63.8 Å². The summed E-state index contributed by atoms with van der Waals surface area (Å²) in [6, 6.07) is 12.0. The van der Waals surface area contributed by atoms with Crippen LogP contribution in [0.2, 0.25) is 0 Å². The van der Waals surface area contributed by atoms with Gasteiger partial charge in [0.2, 0.25) is 0 Å². The molecule has 0 radical (unpaired) electrons. The fourth-order valence-electron chi connectivity index (χ4n) is 2.26. The highest BCUT2D eigenvalue weighted by atomic mass is 14.9. The number of fused-ring (bicyclic) bond motifs is 1. The Morgan fingerprint density at radius 3 is 2.65 bits per heavy atom. The van der Waals surface area contributed by atoms with Gasteiger partial charge in [-0.05, 0) is 48.9 Å². The number of nitrogen functional groups attached to an aromatic ring is 1. The van der Waals surface area contributed by atoms with Crippen LogP contribution in [0.15, 0.2) is 55.0 Å². The largest absolute Gasteiger partial charge is 0.399 e. The first-order valence-electron chi connectivity index (χ1n) is 6.55. The van der Waals surface area contributed by atoms with Crippen LogP contribution in [0.4, 0.5) is 11.4 Å². The summed E-state index contributed by atoms with van der Waals surface area (Å²) < 4.78 is 0. The predicted molar refractivity (Wildman–Crippen MR) is 82.4 cm³/mol. The highest BCUT2D eigenvalue weighted by molar-refractivity contribution is 5.92. The number of benzene rings is 1. The van der Waals surface area contributed by atoms with Crippen molar-refractivity contribution in [1.82, 2.24) is 9.97 Å². The predicted octanol–water partition coefficient (Wildman–Crippen LogP) is 3.39. The van der Waals surface area contributed by atoms with Crippen LogP contribution in [0.5, 0.6) is 0 Å². The zero-order chi connectivity index (χ0) is 13.9. The van der Waals surface area contributed by atoms with Gasteiger partial charge < -0.3 is 11.1 Å². The Bertz CT molecular complexity index is 725. The van der Waals surface area contributed by atoms with Gasteiger partial charge in [0.25, 0.3) is 0 Å². The molecule has 0 bridgehead atoms. The van der Waals surface area contributed by atoms with Crippen LogP contribution >= 0.6 is 0 Å². The fraction of sp³-hybridized carbons (Fsp3) is 0.125. The number of pyridine rings is 2. The van der Waals surface area contributed by atoms with Crippen molar-refractivity contribution < 1.29 is 0 Å². The third-order valence-corrected chi connectivity index (χ3v) is 3.34. The molecule has 4 nitrogen and oxygen atoms in total. The SMILES string of the molecule is CC(Nc1ccnc2cc(N)ccc12)c1ccncc1. The van der Waals surface area contributed by atoms with E-state index in [1.165, 1.54) is 5.56 Å². The molecule has 0 spiro atoms. The molecule has 0 fully saturated rings. The first-order chi connectivity index (χ1) is 9.74. The normalized spacial score (nSPS) is 12.2. The van der Waals surface area contributed by atoms with Crippen molar-refractivity contribution in [2.75, 3.05) is 11.1 Å². The van der Waals surface area contributed by atoms with Crippen LogP contribution in [0.1, 0.15) is 18.5 Å². The Hall–Kier alpha value is -2.62. The van der Waals surface area contributed by atoms with E-state index in [1.807, 2.05) is 36.4 Å². The number of nitrogens with zero attached hydrogens (tertiary/aromatic N) is 2.